The third kappa shape index (κ3) is 4.52. The number of rotatable bonds is 5. The van der Waals surface area contributed by atoms with Gasteiger partial charge in [-0.05, 0) is 49.2 Å². The standard InChI is InChI=1S/C23H25N3O4/c1-16-12-22(27)30-21-6-5-19(13-20(16)21)29-17(2)23(28)26-10-8-25(9-11-26)15-18-4-3-7-24-14-18/h3-7,12-14,17H,8-11,15H2,1-2H3. The van der Waals surface area contributed by atoms with Crippen LogP contribution in [0.4, 0.5) is 0 Å². The lowest BCUT2D eigenvalue weighted by atomic mass is 10.1. The van der Waals surface area contributed by atoms with Crippen molar-refractivity contribution < 1.29 is 13.9 Å². The van der Waals surface area contributed by atoms with Gasteiger partial charge in [0.05, 0.1) is 0 Å². The van der Waals surface area contributed by atoms with E-state index in [4.69, 9.17) is 9.15 Å². The van der Waals surface area contributed by atoms with Crippen molar-refractivity contribution in [1.29, 1.82) is 0 Å². The highest BCUT2D eigenvalue weighted by atomic mass is 16.5. The van der Waals surface area contributed by atoms with Gasteiger partial charge in [0.1, 0.15) is 11.3 Å². The quantitative estimate of drug-likeness (QED) is 0.605. The van der Waals surface area contributed by atoms with E-state index < -0.39 is 6.10 Å². The summed E-state index contributed by atoms with van der Waals surface area (Å²) in [5.74, 6) is 0.558. The number of aryl methyl sites for hydroxylation is 1. The summed E-state index contributed by atoms with van der Waals surface area (Å²) in [5, 5.41) is 0.802. The Kier molecular flexibility index (Phi) is 5.81. The minimum atomic E-state index is -0.594. The summed E-state index contributed by atoms with van der Waals surface area (Å²) in [5.41, 5.74) is 2.13. The van der Waals surface area contributed by atoms with Gasteiger partial charge >= 0.3 is 5.63 Å². The zero-order chi connectivity index (χ0) is 21.1. The van der Waals surface area contributed by atoms with Gasteiger partial charge in [-0.2, -0.15) is 0 Å². The molecule has 7 heteroatoms. The number of pyridine rings is 1. The molecule has 3 heterocycles. The topological polar surface area (TPSA) is 75.9 Å². The minimum absolute atomic E-state index is 0.0209. The zero-order valence-corrected chi connectivity index (χ0v) is 17.2. The van der Waals surface area contributed by atoms with E-state index in [1.807, 2.05) is 30.2 Å². The zero-order valence-electron chi connectivity index (χ0n) is 17.2. The highest BCUT2D eigenvalue weighted by Crippen LogP contribution is 2.23. The summed E-state index contributed by atoms with van der Waals surface area (Å²) in [7, 11) is 0. The molecule has 0 aliphatic carbocycles. The second-order valence-corrected chi connectivity index (χ2v) is 7.63. The van der Waals surface area contributed by atoms with Gasteiger partial charge in [-0.15, -0.1) is 0 Å². The van der Waals surface area contributed by atoms with Crippen LogP contribution in [0.1, 0.15) is 18.1 Å². The smallest absolute Gasteiger partial charge is 0.336 e. The lowest BCUT2D eigenvalue weighted by molar-refractivity contribution is -0.139. The fraction of sp³-hybridized carbons (Fsp3) is 0.348. The van der Waals surface area contributed by atoms with E-state index in [9.17, 15) is 9.59 Å². The van der Waals surface area contributed by atoms with Gasteiger partial charge in [0.25, 0.3) is 5.91 Å². The maximum absolute atomic E-state index is 12.9. The lowest BCUT2D eigenvalue weighted by Gasteiger charge is -2.35. The van der Waals surface area contributed by atoms with E-state index in [1.165, 1.54) is 11.6 Å². The molecule has 1 saturated heterocycles. The Bertz CT molecular complexity index is 1090. The first-order chi connectivity index (χ1) is 14.5. The third-order valence-corrected chi connectivity index (χ3v) is 5.39. The van der Waals surface area contributed by atoms with Crippen LogP contribution in [0.3, 0.4) is 0 Å². The number of ether oxygens (including phenoxy) is 1. The Morgan fingerprint density at radius 1 is 1.20 bits per heavy atom. The molecule has 1 aromatic carbocycles. The van der Waals surface area contributed by atoms with E-state index in [1.54, 1.807) is 25.3 Å². The summed E-state index contributed by atoms with van der Waals surface area (Å²) in [6, 6.07) is 10.7. The highest BCUT2D eigenvalue weighted by molar-refractivity contribution is 5.83. The average Bonchev–Trinajstić information content (AvgIpc) is 2.75. The van der Waals surface area contributed by atoms with Gasteiger partial charge in [-0.1, -0.05) is 6.07 Å². The maximum atomic E-state index is 12.9. The molecular weight excluding hydrogens is 382 g/mol. The lowest BCUT2D eigenvalue weighted by Crippen LogP contribution is -2.51. The highest BCUT2D eigenvalue weighted by Gasteiger charge is 2.26. The molecule has 1 unspecified atom stereocenters. The van der Waals surface area contributed by atoms with Crippen LogP contribution in [0.15, 0.2) is 58.0 Å². The number of hydrogen-bond acceptors (Lipinski definition) is 6. The number of amides is 1. The van der Waals surface area contributed by atoms with Crippen molar-refractivity contribution >= 4 is 16.9 Å². The Labute approximate surface area is 174 Å². The molecule has 30 heavy (non-hydrogen) atoms. The predicted octanol–water partition coefficient (Wildman–Crippen LogP) is 2.61. The number of nitrogens with zero attached hydrogens (tertiary/aromatic N) is 3. The Hall–Kier alpha value is -3.19. The van der Waals surface area contributed by atoms with Crippen LogP contribution >= 0.6 is 0 Å². The fourth-order valence-corrected chi connectivity index (χ4v) is 3.76. The molecule has 3 aromatic rings. The normalized spacial score (nSPS) is 15.9. The van der Waals surface area contributed by atoms with Crippen LogP contribution in [0, 0.1) is 6.92 Å². The molecule has 0 bridgehead atoms. The molecule has 0 saturated carbocycles. The summed E-state index contributed by atoms with van der Waals surface area (Å²) in [4.78, 5) is 32.7. The molecule has 2 aromatic heterocycles. The Balaban J connectivity index is 1.35. The van der Waals surface area contributed by atoms with Gasteiger partial charge in [0.2, 0.25) is 0 Å². The van der Waals surface area contributed by atoms with E-state index >= 15 is 0 Å². The molecule has 0 spiro atoms. The number of benzene rings is 1. The number of aromatic nitrogens is 1. The number of fused-ring (bicyclic) bond motifs is 1. The number of piperazine rings is 1. The van der Waals surface area contributed by atoms with E-state index in [-0.39, 0.29) is 11.5 Å². The van der Waals surface area contributed by atoms with Crippen LogP contribution in [0.2, 0.25) is 0 Å². The van der Waals surface area contributed by atoms with Gasteiger partial charge in [-0.25, -0.2) is 4.79 Å². The van der Waals surface area contributed by atoms with Crippen LogP contribution in [0.5, 0.6) is 5.75 Å². The van der Waals surface area contributed by atoms with Crippen molar-refractivity contribution in [1.82, 2.24) is 14.8 Å². The molecule has 4 rings (SSSR count). The number of carbonyl (C=O) groups is 1. The van der Waals surface area contributed by atoms with Gasteiger partial charge in [0, 0.05) is 56.6 Å². The molecule has 0 radical (unpaired) electrons. The molecule has 7 nitrogen and oxygen atoms in total. The Morgan fingerprint density at radius 3 is 2.73 bits per heavy atom. The molecule has 0 N–H and O–H groups in total. The van der Waals surface area contributed by atoms with E-state index in [0.717, 1.165) is 30.6 Å². The van der Waals surface area contributed by atoms with Crippen LogP contribution in [0.25, 0.3) is 11.0 Å². The van der Waals surface area contributed by atoms with Crippen molar-refractivity contribution in [3.05, 3.63) is 70.3 Å². The second kappa shape index (κ2) is 8.67. The molecule has 1 aliphatic rings. The molecule has 1 fully saturated rings. The van der Waals surface area contributed by atoms with Gasteiger partial charge in [0.15, 0.2) is 6.10 Å². The fourth-order valence-electron chi connectivity index (χ4n) is 3.76. The van der Waals surface area contributed by atoms with Gasteiger partial charge < -0.3 is 14.1 Å². The van der Waals surface area contributed by atoms with Crippen LogP contribution in [-0.2, 0) is 11.3 Å². The van der Waals surface area contributed by atoms with Crippen molar-refractivity contribution in [2.45, 2.75) is 26.5 Å². The van der Waals surface area contributed by atoms with Crippen molar-refractivity contribution in [3.8, 4) is 5.75 Å². The summed E-state index contributed by atoms with van der Waals surface area (Å²) in [6.07, 6.45) is 3.06. The van der Waals surface area contributed by atoms with Gasteiger partial charge in [-0.3, -0.25) is 14.7 Å². The molecule has 1 atom stereocenters. The molecule has 1 amide bonds. The first-order valence-corrected chi connectivity index (χ1v) is 10.1. The molecule has 1 aliphatic heterocycles. The third-order valence-electron chi connectivity index (χ3n) is 5.39. The van der Waals surface area contributed by atoms with Crippen molar-refractivity contribution in [2.75, 3.05) is 26.2 Å². The predicted molar refractivity (Wildman–Crippen MR) is 113 cm³/mol. The van der Waals surface area contributed by atoms with Crippen molar-refractivity contribution in [3.63, 3.8) is 0 Å². The van der Waals surface area contributed by atoms with Crippen LogP contribution in [-0.4, -0.2) is 53.0 Å². The molecule has 156 valence electrons. The average molecular weight is 407 g/mol. The monoisotopic (exact) mass is 407 g/mol. The summed E-state index contributed by atoms with van der Waals surface area (Å²) >= 11 is 0. The second-order valence-electron chi connectivity index (χ2n) is 7.63. The Morgan fingerprint density at radius 2 is 2.00 bits per heavy atom. The largest absolute Gasteiger partial charge is 0.481 e. The summed E-state index contributed by atoms with van der Waals surface area (Å²) < 4.78 is 11.1. The number of carbonyl (C=O) groups excluding carboxylic acids is 1. The van der Waals surface area contributed by atoms with Crippen LogP contribution < -0.4 is 10.4 Å². The first-order valence-electron chi connectivity index (χ1n) is 10.1. The maximum Gasteiger partial charge on any atom is 0.336 e. The van der Waals surface area contributed by atoms with Crippen molar-refractivity contribution in [2.24, 2.45) is 0 Å². The first kappa shape index (κ1) is 20.1. The van der Waals surface area contributed by atoms with E-state index in [0.29, 0.717) is 24.4 Å². The molecular formula is C23H25N3O4. The van der Waals surface area contributed by atoms with E-state index in [2.05, 4.69) is 16.0 Å². The summed E-state index contributed by atoms with van der Waals surface area (Å²) in [6.45, 7) is 7.45. The SMILES string of the molecule is Cc1cc(=O)oc2ccc(OC(C)C(=O)N3CCN(Cc4cccnc4)CC3)cc12. The minimum Gasteiger partial charge on any atom is -0.481 e. The number of hydrogen-bond donors (Lipinski definition) is 0.